The monoisotopic (exact) mass is 504 g/mol. The van der Waals surface area contributed by atoms with Gasteiger partial charge in [0.15, 0.2) is 37.0 Å². The highest BCUT2D eigenvalue weighted by molar-refractivity contribution is 5.87. The molecule has 0 aromatic heterocycles. The normalized spacial score (nSPS) is 29.8. The van der Waals surface area contributed by atoms with Crippen molar-refractivity contribution in [2.75, 3.05) is 0 Å². The molecule has 5 fully saturated rings. The third-order valence-electron chi connectivity index (χ3n) is 7.55. The Morgan fingerprint density at radius 2 is 0.694 bits per heavy atom. The zero-order chi connectivity index (χ0) is 26.3. The van der Waals surface area contributed by atoms with Crippen LogP contribution in [0.5, 0.6) is 0 Å². The first-order valence-corrected chi connectivity index (χ1v) is 13.0. The Morgan fingerprint density at radius 1 is 0.472 bits per heavy atom. The highest BCUT2D eigenvalue weighted by atomic mass is 16.2. The van der Waals surface area contributed by atoms with E-state index in [1.54, 1.807) is 0 Å². The van der Waals surface area contributed by atoms with E-state index in [1.807, 2.05) is 27.7 Å². The van der Waals surface area contributed by atoms with Gasteiger partial charge in [-0.3, -0.25) is 58.2 Å². The molecule has 4 atom stereocenters. The molecule has 0 radical (unpaired) electrons. The van der Waals surface area contributed by atoms with Crippen LogP contribution in [0.2, 0.25) is 0 Å². The van der Waals surface area contributed by atoms with E-state index in [1.165, 1.54) is 29.4 Å². The van der Waals surface area contributed by atoms with Crippen LogP contribution in [0.3, 0.4) is 0 Å². The molecule has 5 heterocycles. The quantitative estimate of drug-likeness (QED) is 0.398. The van der Waals surface area contributed by atoms with Crippen LogP contribution in [0.4, 0.5) is 0 Å². The van der Waals surface area contributed by atoms with E-state index in [9.17, 15) is 28.8 Å². The van der Waals surface area contributed by atoms with Crippen LogP contribution in [-0.2, 0) is 28.8 Å². The summed E-state index contributed by atoms with van der Waals surface area (Å²) in [6.45, 7) is 7.41. The van der Waals surface area contributed by atoms with Gasteiger partial charge in [0.25, 0.3) is 0 Å². The minimum atomic E-state index is -0.998. The fraction of sp³-hybridized carbons (Fsp3) is 0.750. The Kier molecular flexibility index (Phi) is 7.24. The summed E-state index contributed by atoms with van der Waals surface area (Å²) >= 11 is 0. The maximum Gasteiger partial charge on any atom is 0.226 e. The van der Waals surface area contributed by atoms with Gasteiger partial charge in [-0.1, -0.05) is 27.7 Å². The summed E-state index contributed by atoms with van der Waals surface area (Å²) in [6, 6.07) is 0. The van der Waals surface area contributed by atoms with Gasteiger partial charge in [0.2, 0.25) is 36.4 Å². The molecule has 12 heteroatoms. The van der Waals surface area contributed by atoms with Crippen LogP contribution in [-0.4, -0.2) is 103 Å². The van der Waals surface area contributed by atoms with Gasteiger partial charge in [-0.15, -0.1) is 0 Å². The molecule has 0 N–H and O–H groups in total. The van der Waals surface area contributed by atoms with E-state index in [4.69, 9.17) is 0 Å². The van der Waals surface area contributed by atoms with E-state index >= 15 is 0 Å². The fourth-order valence-corrected chi connectivity index (χ4v) is 6.35. The fourth-order valence-electron chi connectivity index (χ4n) is 6.35. The first kappa shape index (κ1) is 25.9. The van der Waals surface area contributed by atoms with Gasteiger partial charge >= 0.3 is 0 Å². The van der Waals surface area contributed by atoms with E-state index in [0.29, 0.717) is 38.5 Å². The van der Waals surface area contributed by atoms with Crippen molar-refractivity contribution in [3.05, 3.63) is 0 Å². The summed E-state index contributed by atoms with van der Waals surface area (Å²) in [5.41, 5.74) is 0. The van der Waals surface area contributed by atoms with Gasteiger partial charge < -0.3 is 0 Å². The topological polar surface area (TPSA) is 122 Å². The second kappa shape index (κ2) is 10.1. The van der Waals surface area contributed by atoms with Gasteiger partial charge in [0, 0.05) is 25.7 Å². The Balaban J connectivity index is 2.01. The predicted molar refractivity (Wildman–Crippen MR) is 126 cm³/mol. The molecule has 6 bridgehead atoms. The molecule has 6 amide bonds. The summed E-state index contributed by atoms with van der Waals surface area (Å²) in [4.78, 5) is 88.2. The molecule has 5 aliphatic heterocycles. The third-order valence-corrected chi connectivity index (χ3v) is 7.55. The summed E-state index contributed by atoms with van der Waals surface area (Å²) in [5.74, 6) is -1.17. The van der Waals surface area contributed by atoms with E-state index in [-0.39, 0.29) is 49.3 Å². The maximum absolute atomic E-state index is 13.6. The van der Waals surface area contributed by atoms with Gasteiger partial charge in [-0.2, -0.15) is 0 Å². The van der Waals surface area contributed by atoms with Crippen molar-refractivity contribution in [1.82, 2.24) is 29.4 Å². The molecular formula is C24H36N6O6. The molecular weight excluding hydrogens is 468 g/mol. The lowest BCUT2D eigenvalue weighted by atomic mass is 10.1. The zero-order valence-electron chi connectivity index (χ0n) is 21.4. The van der Waals surface area contributed by atoms with Crippen LogP contribution in [0.15, 0.2) is 0 Å². The van der Waals surface area contributed by atoms with Crippen molar-refractivity contribution in [1.29, 1.82) is 0 Å². The summed E-state index contributed by atoms with van der Waals surface area (Å²) in [6.07, 6.45) is -1.80. The van der Waals surface area contributed by atoms with Crippen molar-refractivity contribution in [2.24, 2.45) is 0 Å². The number of piperazine rings is 1. The number of amides is 6. The molecule has 0 saturated carbocycles. The van der Waals surface area contributed by atoms with Gasteiger partial charge in [0.1, 0.15) is 0 Å². The molecule has 36 heavy (non-hydrogen) atoms. The first-order chi connectivity index (χ1) is 17.3. The smallest absolute Gasteiger partial charge is 0.226 e. The molecule has 5 saturated heterocycles. The van der Waals surface area contributed by atoms with E-state index in [0.717, 1.165) is 0 Å². The molecule has 0 aliphatic carbocycles. The lowest BCUT2D eigenvalue weighted by molar-refractivity contribution is -0.179. The number of carbonyl (C=O) groups excluding carboxylic acids is 6. The summed E-state index contributed by atoms with van der Waals surface area (Å²) in [7, 11) is 0. The highest BCUT2D eigenvalue weighted by Crippen LogP contribution is 2.51. The SMILES string of the molecule is CCCC(=O)N1C2C3N(C=O)C4C(N2C=O)N(C(=O)CCC)C(C1N3C(=O)CCC)N4C(=O)CCC. The maximum atomic E-state index is 13.6. The number of hydrogen-bond donors (Lipinski definition) is 0. The molecule has 0 aromatic rings. The van der Waals surface area contributed by atoms with Crippen LogP contribution in [0.25, 0.3) is 0 Å². The van der Waals surface area contributed by atoms with Gasteiger partial charge in [-0.05, 0) is 25.7 Å². The second-order valence-electron chi connectivity index (χ2n) is 9.79. The zero-order valence-corrected chi connectivity index (χ0v) is 21.4. The Morgan fingerprint density at radius 3 is 0.861 bits per heavy atom. The highest BCUT2D eigenvalue weighted by Gasteiger charge is 2.75. The molecule has 4 unspecified atom stereocenters. The second-order valence-corrected chi connectivity index (χ2v) is 9.79. The van der Waals surface area contributed by atoms with Crippen molar-refractivity contribution >= 4 is 36.4 Å². The van der Waals surface area contributed by atoms with Crippen molar-refractivity contribution in [3.63, 3.8) is 0 Å². The Hall–Kier alpha value is -3.18. The molecule has 12 nitrogen and oxygen atoms in total. The lowest BCUT2D eigenvalue weighted by Crippen LogP contribution is -2.74. The van der Waals surface area contributed by atoms with E-state index < -0.39 is 37.0 Å². The average Bonchev–Trinajstić information content (AvgIpc) is 3.30. The molecule has 5 rings (SSSR count). The minimum absolute atomic E-state index is 0.163. The lowest BCUT2D eigenvalue weighted by Gasteiger charge is -2.52. The Bertz CT molecular complexity index is 806. The molecule has 5 aliphatic rings. The first-order valence-electron chi connectivity index (χ1n) is 13.0. The molecule has 198 valence electrons. The summed E-state index contributed by atoms with van der Waals surface area (Å²) in [5, 5.41) is 0. The van der Waals surface area contributed by atoms with Gasteiger partial charge in [-0.25, -0.2) is 0 Å². The molecule has 0 spiro atoms. The number of nitrogens with zero attached hydrogens (tertiary/aromatic N) is 6. The van der Waals surface area contributed by atoms with Gasteiger partial charge in [0.05, 0.1) is 0 Å². The minimum Gasteiger partial charge on any atom is -0.296 e. The number of carbonyl (C=O) groups is 6. The third kappa shape index (κ3) is 3.47. The van der Waals surface area contributed by atoms with Crippen LogP contribution < -0.4 is 0 Å². The number of rotatable bonds is 10. The van der Waals surface area contributed by atoms with Crippen molar-refractivity contribution in [2.45, 2.75) is 116 Å². The standard InChI is InChI=1S/C24H36N6O6/c1-5-9-15(33)27-19-20-26(14-32)22-21(25(19)13-31)29(17(35)11-7-3)24(30(22)18(36)12-8-4)23(27)28(20)16(34)10-6-2/h13-14,19-24H,5-12H2,1-4H3. The van der Waals surface area contributed by atoms with E-state index in [2.05, 4.69) is 0 Å². The average molecular weight is 505 g/mol. The van der Waals surface area contributed by atoms with Crippen molar-refractivity contribution in [3.8, 4) is 0 Å². The molecule has 0 aromatic carbocycles. The van der Waals surface area contributed by atoms with Crippen LogP contribution >= 0.6 is 0 Å². The summed E-state index contributed by atoms with van der Waals surface area (Å²) < 4.78 is 0. The number of hydrogen-bond acceptors (Lipinski definition) is 6. The predicted octanol–water partition coefficient (Wildman–Crippen LogP) is 0.429. The Labute approximate surface area is 211 Å². The van der Waals surface area contributed by atoms with Crippen molar-refractivity contribution < 1.29 is 28.8 Å². The van der Waals surface area contributed by atoms with Crippen LogP contribution in [0.1, 0.15) is 79.1 Å². The largest absolute Gasteiger partial charge is 0.296 e. The van der Waals surface area contributed by atoms with Crippen LogP contribution in [0, 0.1) is 0 Å².